The van der Waals surface area contributed by atoms with E-state index >= 15 is 0 Å². The number of hydrogen-bond acceptors (Lipinski definition) is 3. The molecule has 2 aliphatic rings. The molecule has 6 rings (SSSR count). The van der Waals surface area contributed by atoms with E-state index in [0.29, 0.717) is 22.0 Å². The van der Waals surface area contributed by atoms with Crippen molar-refractivity contribution in [2.24, 2.45) is 12.5 Å². The molecular formula is C25H23ClN4O2. The van der Waals surface area contributed by atoms with E-state index in [2.05, 4.69) is 15.5 Å². The van der Waals surface area contributed by atoms with Crippen LogP contribution >= 0.6 is 11.6 Å². The fraction of sp³-hybridized carbons (Fsp3) is 0.320. The third kappa shape index (κ3) is 2.97. The summed E-state index contributed by atoms with van der Waals surface area (Å²) in [6.45, 7) is 0. The molecule has 2 aliphatic carbocycles. The van der Waals surface area contributed by atoms with Gasteiger partial charge in [0.05, 0.1) is 11.1 Å². The first-order valence-corrected chi connectivity index (χ1v) is 11.3. The zero-order chi connectivity index (χ0) is 22.0. The Morgan fingerprint density at radius 3 is 2.66 bits per heavy atom. The summed E-state index contributed by atoms with van der Waals surface area (Å²) in [6, 6.07) is 15.4. The fourth-order valence-corrected chi connectivity index (χ4v) is 6.03. The second kappa shape index (κ2) is 6.94. The molecule has 0 atom stereocenters. The van der Waals surface area contributed by atoms with E-state index in [1.165, 1.54) is 0 Å². The molecule has 4 aromatic rings. The highest BCUT2D eigenvalue weighted by Crippen LogP contribution is 2.62. The molecule has 0 unspecified atom stereocenters. The Bertz CT molecular complexity index is 1440. The Balaban J connectivity index is 1.12. The zero-order valence-corrected chi connectivity index (χ0v) is 18.4. The molecule has 0 aliphatic heterocycles. The lowest BCUT2D eigenvalue weighted by Crippen LogP contribution is -2.55. The topological polar surface area (TPSA) is 79.8 Å². The molecule has 0 radical (unpaired) electrons. The Hall–Kier alpha value is -3.12. The number of benzene rings is 2. The van der Waals surface area contributed by atoms with Gasteiger partial charge in [0.1, 0.15) is 5.69 Å². The summed E-state index contributed by atoms with van der Waals surface area (Å²) in [5.74, 6) is 0.320. The number of hydrogen-bond donors (Lipinski definition) is 2. The smallest absolute Gasteiger partial charge is 0.272 e. The minimum Gasteiger partial charge on any atom is -0.348 e. The summed E-state index contributed by atoms with van der Waals surface area (Å²) in [5.41, 5.74) is 2.78. The average molecular weight is 447 g/mol. The molecule has 2 saturated carbocycles. The van der Waals surface area contributed by atoms with Gasteiger partial charge in [0.25, 0.3) is 11.5 Å². The summed E-state index contributed by atoms with van der Waals surface area (Å²) in [6.07, 6.45) is 4.09. The lowest BCUT2D eigenvalue weighted by Gasteiger charge is -2.57. The second-order valence-electron chi connectivity index (χ2n) is 9.46. The molecule has 1 spiro atoms. The maximum absolute atomic E-state index is 12.9. The number of aryl methyl sites for hydroxylation is 1. The van der Waals surface area contributed by atoms with Crippen LogP contribution in [-0.2, 0) is 7.05 Å². The second-order valence-corrected chi connectivity index (χ2v) is 9.90. The Morgan fingerprint density at radius 2 is 1.88 bits per heavy atom. The van der Waals surface area contributed by atoms with Crippen LogP contribution < -0.4 is 10.9 Å². The number of carbonyl (C=O) groups excluding carboxylic acids is 1. The van der Waals surface area contributed by atoms with Crippen molar-refractivity contribution in [2.75, 3.05) is 0 Å². The van der Waals surface area contributed by atoms with Crippen molar-refractivity contribution in [2.45, 2.75) is 37.6 Å². The molecule has 0 saturated heterocycles. The van der Waals surface area contributed by atoms with Gasteiger partial charge in [-0.3, -0.25) is 9.59 Å². The number of fused-ring (bicyclic) bond motifs is 2. The van der Waals surface area contributed by atoms with Crippen molar-refractivity contribution in [1.82, 2.24) is 20.1 Å². The van der Waals surface area contributed by atoms with Gasteiger partial charge < -0.3 is 9.88 Å². The van der Waals surface area contributed by atoms with E-state index in [1.807, 2.05) is 60.1 Å². The molecule has 6 nitrogen and oxygen atoms in total. The first kappa shape index (κ1) is 19.6. The Labute approximate surface area is 189 Å². The van der Waals surface area contributed by atoms with Crippen molar-refractivity contribution >= 4 is 39.2 Å². The van der Waals surface area contributed by atoms with E-state index in [1.54, 1.807) is 0 Å². The molecule has 2 heterocycles. The van der Waals surface area contributed by atoms with Gasteiger partial charge in [0.15, 0.2) is 0 Å². The molecule has 0 bridgehead atoms. The van der Waals surface area contributed by atoms with Gasteiger partial charge in [-0.1, -0.05) is 29.8 Å². The maximum atomic E-state index is 12.9. The molecule has 2 aromatic carbocycles. The van der Waals surface area contributed by atoms with E-state index in [-0.39, 0.29) is 22.9 Å². The normalized spacial score (nSPS) is 24.4. The summed E-state index contributed by atoms with van der Waals surface area (Å²) in [4.78, 5) is 24.9. The highest BCUT2D eigenvalue weighted by atomic mass is 35.5. The van der Waals surface area contributed by atoms with Crippen LogP contribution in [0.2, 0.25) is 5.02 Å². The first-order valence-electron chi connectivity index (χ1n) is 11.0. The van der Waals surface area contributed by atoms with Crippen molar-refractivity contribution in [1.29, 1.82) is 0 Å². The molecule has 162 valence electrons. The lowest BCUT2D eigenvalue weighted by atomic mass is 9.49. The van der Waals surface area contributed by atoms with Gasteiger partial charge in [-0.15, -0.1) is 0 Å². The van der Waals surface area contributed by atoms with Gasteiger partial charge >= 0.3 is 0 Å². The van der Waals surface area contributed by atoms with Crippen LogP contribution in [0.15, 0.2) is 53.3 Å². The molecule has 2 fully saturated rings. The van der Waals surface area contributed by atoms with E-state index in [0.717, 1.165) is 47.7 Å². The third-order valence-corrected chi connectivity index (χ3v) is 7.64. The number of aromatic nitrogens is 3. The van der Waals surface area contributed by atoms with Crippen LogP contribution in [-0.4, -0.2) is 26.7 Å². The zero-order valence-electron chi connectivity index (χ0n) is 17.7. The summed E-state index contributed by atoms with van der Waals surface area (Å²) < 4.78 is 1.92. The van der Waals surface area contributed by atoms with Crippen molar-refractivity contribution in [3.05, 3.63) is 75.3 Å². The highest BCUT2D eigenvalue weighted by molar-refractivity contribution is 6.31. The minimum absolute atomic E-state index is 0.0381. The molecule has 32 heavy (non-hydrogen) atoms. The number of carbonyl (C=O) groups is 1. The van der Waals surface area contributed by atoms with E-state index in [4.69, 9.17) is 11.6 Å². The number of aromatic amines is 1. The average Bonchev–Trinajstić information content (AvgIpc) is 3.05. The number of amides is 1. The summed E-state index contributed by atoms with van der Waals surface area (Å²) >= 11 is 6.09. The Morgan fingerprint density at radius 1 is 1.12 bits per heavy atom. The fourth-order valence-electron chi connectivity index (χ4n) is 5.84. The number of H-pyrrole nitrogens is 1. The van der Waals surface area contributed by atoms with Crippen LogP contribution in [0, 0.1) is 5.41 Å². The number of nitrogens with one attached hydrogen (secondary N) is 2. The van der Waals surface area contributed by atoms with Crippen LogP contribution in [0.4, 0.5) is 0 Å². The molecule has 1 amide bonds. The first-order chi connectivity index (χ1) is 15.4. The molecule has 2 N–H and O–H groups in total. The van der Waals surface area contributed by atoms with Gasteiger partial charge in [-0.25, -0.2) is 5.10 Å². The van der Waals surface area contributed by atoms with Crippen LogP contribution in [0.1, 0.15) is 47.8 Å². The molecular weight excluding hydrogens is 424 g/mol. The van der Waals surface area contributed by atoms with Gasteiger partial charge in [0.2, 0.25) is 0 Å². The molecule has 7 heteroatoms. The highest BCUT2D eigenvalue weighted by Gasteiger charge is 2.54. The predicted molar refractivity (Wildman–Crippen MR) is 125 cm³/mol. The maximum Gasteiger partial charge on any atom is 0.272 e. The van der Waals surface area contributed by atoms with Crippen molar-refractivity contribution < 1.29 is 4.79 Å². The molecule has 2 aromatic heterocycles. The van der Waals surface area contributed by atoms with Crippen LogP contribution in [0.5, 0.6) is 0 Å². The Kier molecular flexibility index (Phi) is 4.24. The van der Waals surface area contributed by atoms with Gasteiger partial charge in [0, 0.05) is 40.3 Å². The quantitative estimate of drug-likeness (QED) is 0.485. The minimum atomic E-state index is -0.139. The summed E-state index contributed by atoms with van der Waals surface area (Å²) in [5, 5.41) is 13.5. The lowest BCUT2D eigenvalue weighted by molar-refractivity contribution is -0.0197. The number of rotatable bonds is 3. The SMILES string of the molecule is Cn1c(C(=O)NC2CC3(C2)CC(c2n[nH]c(=O)c4ccccc24)C3)cc2cc(Cl)ccc21. The van der Waals surface area contributed by atoms with Crippen LogP contribution in [0.25, 0.3) is 21.7 Å². The number of halogens is 1. The standard InChI is InChI=1S/C25H23ClN4O2/c1-30-20-7-6-16(26)8-14(20)9-21(30)24(32)27-17-12-25(13-17)10-15(11-25)22-18-4-2-3-5-19(18)23(31)29-28-22/h2-9,15,17H,10-13H2,1H3,(H,27,32)(H,29,31). The van der Waals surface area contributed by atoms with Crippen molar-refractivity contribution in [3.8, 4) is 0 Å². The largest absolute Gasteiger partial charge is 0.348 e. The van der Waals surface area contributed by atoms with Crippen LogP contribution in [0.3, 0.4) is 0 Å². The monoisotopic (exact) mass is 446 g/mol. The van der Waals surface area contributed by atoms with E-state index in [9.17, 15) is 9.59 Å². The number of nitrogens with zero attached hydrogens (tertiary/aromatic N) is 2. The van der Waals surface area contributed by atoms with Gasteiger partial charge in [-0.05, 0) is 61.4 Å². The van der Waals surface area contributed by atoms with E-state index < -0.39 is 0 Å². The van der Waals surface area contributed by atoms with Crippen molar-refractivity contribution in [3.63, 3.8) is 0 Å². The predicted octanol–water partition coefficient (Wildman–Crippen LogP) is 4.52. The van der Waals surface area contributed by atoms with Gasteiger partial charge in [-0.2, -0.15) is 5.10 Å². The third-order valence-electron chi connectivity index (χ3n) is 7.40. The summed E-state index contributed by atoms with van der Waals surface area (Å²) in [7, 11) is 1.91.